The van der Waals surface area contributed by atoms with E-state index in [1.165, 1.54) is 58.0 Å². The molecule has 80 valence electrons. The van der Waals surface area contributed by atoms with Gasteiger partial charge in [0.05, 0.1) is 0 Å². The number of rotatable bonds is 3. The Bertz CT molecular complexity index is 178. The fraction of sp³-hybridized carbons (Fsp3) is 1.00. The lowest BCUT2D eigenvalue weighted by Crippen LogP contribution is -2.33. The molecular weight excluding hydrogens is 172 g/mol. The molecule has 0 aromatic rings. The minimum absolute atomic E-state index is 0.843. The second-order valence-electron chi connectivity index (χ2n) is 5.28. The maximum atomic E-state index is 3.60. The van der Waals surface area contributed by atoms with Gasteiger partial charge in [0.1, 0.15) is 0 Å². The van der Waals surface area contributed by atoms with Crippen molar-refractivity contribution in [2.75, 3.05) is 13.1 Å². The molecule has 0 aromatic heterocycles. The Balaban J connectivity index is 1.48. The zero-order chi connectivity index (χ0) is 9.38. The van der Waals surface area contributed by atoms with Gasteiger partial charge in [0.2, 0.25) is 0 Å². The molecule has 1 unspecified atom stereocenters. The Morgan fingerprint density at radius 1 is 1.00 bits per heavy atom. The molecule has 0 saturated carbocycles. The van der Waals surface area contributed by atoms with E-state index in [-0.39, 0.29) is 0 Å². The summed E-state index contributed by atoms with van der Waals surface area (Å²) in [6.45, 7) is 2.63. The highest BCUT2D eigenvalue weighted by Gasteiger charge is 2.38. The molecule has 1 atom stereocenters. The van der Waals surface area contributed by atoms with Gasteiger partial charge in [-0.05, 0) is 51.5 Å². The minimum Gasteiger partial charge on any atom is -0.314 e. The van der Waals surface area contributed by atoms with Crippen LogP contribution in [0, 0.1) is 0 Å². The lowest BCUT2D eigenvalue weighted by molar-refractivity contribution is 0.240. The topological polar surface area (TPSA) is 15.3 Å². The van der Waals surface area contributed by atoms with Crippen LogP contribution in [-0.4, -0.2) is 36.1 Å². The van der Waals surface area contributed by atoms with Gasteiger partial charge in [0, 0.05) is 24.7 Å². The van der Waals surface area contributed by atoms with Crippen molar-refractivity contribution in [1.29, 1.82) is 0 Å². The molecule has 3 aliphatic rings. The van der Waals surface area contributed by atoms with Gasteiger partial charge in [-0.1, -0.05) is 0 Å². The van der Waals surface area contributed by atoms with Crippen molar-refractivity contribution >= 4 is 0 Å². The van der Waals surface area contributed by atoms with Gasteiger partial charge in [0.25, 0.3) is 0 Å². The highest BCUT2D eigenvalue weighted by molar-refractivity contribution is 4.95. The maximum absolute atomic E-state index is 3.60. The molecule has 3 aliphatic heterocycles. The van der Waals surface area contributed by atoms with E-state index in [4.69, 9.17) is 0 Å². The monoisotopic (exact) mass is 194 g/mol. The summed E-state index contributed by atoms with van der Waals surface area (Å²) >= 11 is 0. The minimum atomic E-state index is 0.843. The van der Waals surface area contributed by atoms with Crippen molar-refractivity contribution in [3.63, 3.8) is 0 Å². The number of nitrogens with one attached hydrogen (secondary N) is 1. The molecule has 3 rings (SSSR count). The van der Waals surface area contributed by atoms with Crippen LogP contribution in [0.15, 0.2) is 0 Å². The molecule has 2 nitrogen and oxygen atoms in total. The standard InChI is InChI=1S/C12H22N2/c1-2-10(13-8-1)7-9-14-11-3-4-12(14)6-5-11/h10-13H,1-9H2. The zero-order valence-electron chi connectivity index (χ0n) is 9.04. The zero-order valence-corrected chi connectivity index (χ0v) is 9.04. The molecule has 14 heavy (non-hydrogen) atoms. The highest BCUT2D eigenvalue weighted by Crippen LogP contribution is 2.37. The normalized spacial score (nSPS) is 42.4. The van der Waals surface area contributed by atoms with Crippen molar-refractivity contribution in [3.8, 4) is 0 Å². The first-order valence-corrected chi connectivity index (χ1v) is 6.42. The van der Waals surface area contributed by atoms with Crippen LogP contribution in [0.5, 0.6) is 0 Å². The van der Waals surface area contributed by atoms with Crippen LogP contribution in [0.1, 0.15) is 44.9 Å². The molecule has 3 saturated heterocycles. The summed E-state index contributed by atoms with van der Waals surface area (Å²) in [5.74, 6) is 0. The van der Waals surface area contributed by atoms with Gasteiger partial charge in [-0.25, -0.2) is 0 Å². The first kappa shape index (κ1) is 9.17. The molecule has 2 heteroatoms. The smallest absolute Gasteiger partial charge is 0.00993 e. The molecule has 0 spiro atoms. The Kier molecular flexibility index (Phi) is 2.50. The van der Waals surface area contributed by atoms with Crippen LogP contribution in [-0.2, 0) is 0 Å². The summed E-state index contributed by atoms with van der Waals surface area (Å²) in [7, 11) is 0. The molecule has 2 bridgehead atoms. The fourth-order valence-corrected chi connectivity index (χ4v) is 3.69. The predicted octanol–water partition coefficient (Wildman–Crippen LogP) is 1.76. The number of fused-ring (bicyclic) bond motifs is 2. The van der Waals surface area contributed by atoms with Crippen LogP contribution in [0.25, 0.3) is 0 Å². The molecule has 1 N–H and O–H groups in total. The van der Waals surface area contributed by atoms with Crippen LogP contribution < -0.4 is 5.32 Å². The van der Waals surface area contributed by atoms with E-state index in [0.29, 0.717) is 0 Å². The number of hydrogen-bond acceptors (Lipinski definition) is 2. The van der Waals surface area contributed by atoms with E-state index < -0.39 is 0 Å². The van der Waals surface area contributed by atoms with Gasteiger partial charge >= 0.3 is 0 Å². The van der Waals surface area contributed by atoms with Crippen molar-refractivity contribution < 1.29 is 0 Å². The van der Waals surface area contributed by atoms with Crippen LogP contribution in [0.2, 0.25) is 0 Å². The van der Waals surface area contributed by atoms with E-state index in [9.17, 15) is 0 Å². The average molecular weight is 194 g/mol. The molecular formula is C12H22N2. The second kappa shape index (κ2) is 3.82. The quantitative estimate of drug-likeness (QED) is 0.736. The van der Waals surface area contributed by atoms with Gasteiger partial charge < -0.3 is 5.32 Å². The third kappa shape index (κ3) is 1.59. The lowest BCUT2D eigenvalue weighted by atomic mass is 10.0. The van der Waals surface area contributed by atoms with E-state index in [1.807, 2.05) is 0 Å². The first-order chi connectivity index (χ1) is 6.93. The van der Waals surface area contributed by atoms with Crippen molar-refractivity contribution in [2.24, 2.45) is 0 Å². The van der Waals surface area contributed by atoms with Gasteiger partial charge in [-0.3, -0.25) is 4.90 Å². The maximum Gasteiger partial charge on any atom is 0.00993 e. The number of nitrogens with zero attached hydrogens (tertiary/aromatic N) is 1. The summed E-state index contributed by atoms with van der Waals surface area (Å²) in [4.78, 5) is 2.81. The molecule has 3 heterocycles. The fourth-order valence-electron chi connectivity index (χ4n) is 3.69. The van der Waals surface area contributed by atoms with E-state index in [0.717, 1.165) is 18.1 Å². The van der Waals surface area contributed by atoms with E-state index in [1.54, 1.807) is 0 Å². The van der Waals surface area contributed by atoms with Gasteiger partial charge in [0.15, 0.2) is 0 Å². The van der Waals surface area contributed by atoms with Crippen LogP contribution in [0.4, 0.5) is 0 Å². The molecule has 3 fully saturated rings. The average Bonchev–Trinajstić information content (AvgIpc) is 2.91. The largest absolute Gasteiger partial charge is 0.314 e. The molecule has 0 radical (unpaired) electrons. The lowest BCUT2D eigenvalue weighted by Gasteiger charge is -2.23. The molecule has 0 aliphatic carbocycles. The second-order valence-corrected chi connectivity index (χ2v) is 5.28. The Morgan fingerprint density at radius 2 is 1.71 bits per heavy atom. The predicted molar refractivity (Wildman–Crippen MR) is 58.4 cm³/mol. The van der Waals surface area contributed by atoms with Crippen molar-refractivity contribution in [3.05, 3.63) is 0 Å². The van der Waals surface area contributed by atoms with E-state index >= 15 is 0 Å². The third-order valence-corrected chi connectivity index (χ3v) is 4.50. The van der Waals surface area contributed by atoms with Crippen LogP contribution in [0.3, 0.4) is 0 Å². The summed E-state index contributed by atoms with van der Waals surface area (Å²) in [6, 6.07) is 2.79. The summed E-state index contributed by atoms with van der Waals surface area (Å²) in [6.07, 6.45) is 10.2. The Hall–Kier alpha value is -0.0800. The number of hydrogen-bond donors (Lipinski definition) is 1. The van der Waals surface area contributed by atoms with Gasteiger partial charge in [-0.15, -0.1) is 0 Å². The highest BCUT2D eigenvalue weighted by atomic mass is 15.2. The van der Waals surface area contributed by atoms with Crippen LogP contribution >= 0.6 is 0 Å². The SMILES string of the molecule is C1CNC(CCN2C3CCC2CC3)C1. The Labute approximate surface area is 87.0 Å². The molecule has 0 amide bonds. The van der Waals surface area contributed by atoms with Crippen molar-refractivity contribution in [1.82, 2.24) is 10.2 Å². The van der Waals surface area contributed by atoms with Crippen molar-refractivity contribution in [2.45, 2.75) is 63.1 Å². The molecule has 0 aromatic carbocycles. The third-order valence-electron chi connectivity index (χ3n) is 4.50. The Morgan fingerprint density at radius 3 is 2.29 bits per heavy atom. The summed E-state index contributed by atoms with van der Waals surface area (Å²) in [5, 5.41) is 3.60. The van der Waals surface area contributed by atoms with E-state index in [2.05, 4.69) is 10.2 Å². The van der Waals surface area contributed by atoms with Gasteiger partial charge in [-0.2, -0.15) is 0 Å². The summed E-state index contributed by atoms with van der Waals surface area (Å²) < 4.78 is 0. The summed E-state index contributed by atoms with van der Waals surface area (Å²) in [5.41, 5.74) is 0. The first-order valence-electron chi connectivity index (χ1n) is 6.42.